The first-order valence-corrected chi connectivity index (χ1v) is 12.2. The first-order chi connectivity index (χ1) is 16.3. The van der Waals surface area contributed by atoms with Crippen molar-refractivity contribution >= 4 is 40.9 Å². The zero-order valence-corrected chi connectivity index (χ0v) is 21.0. The maximum atomic E-state index is 12.9. The zero-order valence-electron chi connectivity index (χ0n) is 20.2. The molecule has 11 heteroatoms. The summed E-state index contributed by atoms with van der Waals surface area (Å²) in [6, 6.07) is 9.33. The Labute approximate surface area is 205 Å². The van der Waals surface area contributed by atoms with Crippen molar-refractivity contribution in [2.75, 3.05) is 64.1 Å². The average molecular weight is 491 g/mol. The first-order valence-electron chi connectivity index (χ1n) is 11.3. The number of hydrogen-bond donors (Lipinski definition) is 3. The SMILES string of the molecule is CCNC(=O)C(C#N)C1SC(CNc2cccc(NC(=O)CN(C)CCOC)c2)C(=O)N1CC. The lowest BCUT2D eigenvalue weighted by molar-refractivity contribution is -0.131. The highest BCUT2D eigenvalue weighted by molar-refractivity contribution is 8.01. The minimum absolute atomic E-state index is 0.0990. The van der Waals surface area contributed by atoms with Crippen LogP contribution in [0.5, 0.6) is 0 Å². The molecular formula is C23H34N6O4S. The van der Waals surface area contributed by atoms with E-state index in [4.69, 9.17) is 4.74 Å². The van der Waals surface area contributed by atoms with Crippen LogP contribution in [0.1, 0.15) is 13.8 Å². The van der Waals surface area contributed by atoms with E-state index in [9.17, 15) is 19.6 Å². The molecule has 3 atom stereocenters. The van der Waals surface area contributed by atoms with Crippen LogP contribution in [0.4, 0.5) is 11.4 Å². The van der Waals surface area contributed by atoms with Gasteiger partial charge >= 0.3 is 0 Å². The van der Waals surface area contributed by atoms with Gasteiger partial charge in [0.05, 0.1) is 19.2 Å². The van der Waals surface area contributed by atoms with Crippen LogP contribution in [-0.4, -0.2) is 91.6 Å². The summed E-state index contributed by atoms with van der Waals surface area (Å²) in [4.78, 5) is 41.0. The van der Waals surface area contributed by atoms with E-state index in [1.807, 2.05) is 31.0 Å². The number of methoxy groups -OCH3 is 1. The summed E-state index contributed by atoms with van der Waals surface area (Å²) in [5.74, 6) is -1.53. The number of carbonyl (C=O) groups is 3. The Morgan fingerprint density at radius 1 is 1.32 bits per heavy atom. The number of nitrogens with zero attached hydrogens (tertiary/aromatic N) is 3. The van der Waals surface area contributed by atoms with Crippen LogP contribution >= 0.6 is 11.8 Å². The molecule has 0 aromatic heterocycles. The van der Waals surface area contributed by atoms with Gasteiger partial charge in [0.2, 0.25) is 17.7 Å². The molecule has 1 aliphatic rings. The van der Waals surface area contributed by atoms with Gasteiger partial charge in [0.25, 0.3) is 0 Å². The van der Waals surface area contributed by atoms with E-state index in [-0.39, 0.29) is 24.3 Å². The third kappa shape index (κ3) is 7.62. The second-order valence-corrected chi connectivity index (χ2v) is 9.21. The number of amides is 3. The molecule has 10 nitrogen and oxygen atoms in total. The van der Waals surface area contributed by atoms with Gasteiger partial charge in [-0.15, -0.1) is 11.8 Å². The van der Waals surface area contributed by atoms with Crippen LogP contribution < -0.4 is 16.0 Å². The molecule has 1 aromatic carbocycles. The third-order valence-electron chi connectivity index (χ3n) is 5.30. The van der Waals surface area contributed by atoms with Crippen LogP contribution in [-0.2, 0) is 19.1 Å². The lowest BCUT2D eigenvalue weighted by atomic mass is 10.1. The Morgan fingerprint density at radius 3 is 2.71 bits per heavy atom. The fourth-order valence-electron chi connectivity index (χ4n) is 3.57. The van der Waals surface area contributed by atoms with Crippen molar-refractivity contribution in [2.24, 2.45) is 5.92 Å². The van der Waals surface area contributed by atoms with Gasteiger partial charge in [-0.1, -0.05) is 6.07 Å². The number of nitriles is 1. The van der Waals surface area contributed by atoms with Crippen LogP contribution in [0.15, 0.2) is 24.3 Å². The Bertz CT molecular complexity index is 892. The largest absolute Gasteiger partial charge is 0.383 e. The molecule has 1 aromatic rings. The summed E-state index contributed by atoms with van der Waals surface area (Å²) in [7, 11) is 3.47. The number of anilines is 2. The summed E-state index contributed by atoms with van der Waals surface area (Å²) in [5, 5.41) is 17.4. The van der Waals surface area contributed by atoms with Crippen molar-refractivity contribution < 1.29 is 19.1 Å². The van der Waals surface area contributed by atoms with E-state index in [2.05, 4.69) is 22.0 Å². The zero-order chi connectivity index (χ0) is 25.1. The number of hydrogen-bond acceptors (Lipinski definition) is 8. The van der Waals surface area contributed by atoms with Crippen LogP contribution in [0.25, 0.3) is 0 Å². The number of rotatable bonds is 13. The monoisotopic (exact) mass is 490 g/mol. The van der Waals surface area contributed by atoms with Crippen LogP contribution in [0.2, 0.25) is 0 Å². The van der Waals surface area contributed by atoms with E-state index in [1.54, 1.807) is 31.1 Å². The van der Waals surface area contributed by atoms with Crippen molar-refractivity contribution in [3.8, 4) is 6.07 Å². The third-order valence-corrected chi connectivity index (χ3v) is 6.80. The summed E-state index contributed by atoms with van der Waals surface area (Å²) >= 11 is 1.33. The molecule has 1 aliphatic heterocycles. The van der Waals surface area contributed by atoms with Crippen molar-refractivity contribution in [2.45, 2.75) is 24.5 Å². The number of benzene rings is 1. The van der Waals surface area contributed by atoms with Gasteiger partial charge in [0.1, 0.15) is 10.6 Å². The maximum Gasteiger partial charge on any atom is 0.240 e. The molecule has 1 fully saturated rings. The smallest absolute Gasteiger partial charge is 0.240 e. The molecule has 3 amide bonds. The highest BCUT2D eigenvalue weighted by Gasteiger charge is 2.45. The highest BCUT2D eigenvalue weighted by atomic mass is 32.2. The van der Waals surface area contributed by atoms with E-state index < -0.39 is 16.5 Å². The molecule has 0 radical (unpaired) electrons. The predicted octanol–water partition coefficient (Wildman–Crippen LogP) is 1.18. The van der Waals surface area contributed by atoms with Crippen molar-refractivity contribution in [3.05, 3.63) is 24.3 Å². The standard InChI is InChI=1S/C23H34N6O4S/c1-5-25-21(31)18(13-24)23-29(6-2)22(32)19(34-23)14-26-16-8-7-9-17(12-16)27-20(30)15-28(3)10-11-33-4/h7-9,12,18-19,23,26H,5-6,10-11,14-15H2,1-4H3,(H,25,31)(H,27,30). The van der Waals surface area contributed by atoms with Crippen molar-refractivity contribution in [3.63, 3.8) is 0 Å². The van der Waals surface area contributed by atoms with Gasteiger partial charge < -0.3 is 25.6 Å². The van der Waals surface area contributed by atoms with Crippen LogP contribution in [0.3, 0.4) is 0 Å². The lowest BCUT2D eigenvalue weighted by Crippen LogP contribution is -2.44. The Balaban J connectivity index is 1.97. The van der Waals surface area contributed by atoms with Gasteiger partial charge in [-0.25, -0.2) is 0 Å². The highest BCUT2D eigenvalue weighted by Crippen LogP contribution is 2.36. The molecule has 2 rings (SSSR count). The predicted molar refractivity (Wildman–Crippen MR) is 133 cm³/mol. The molecule has 0 saturated carbocycles. The molecule has 34 heavy (non-hydrogen) atoms. The minimum Gasteiger partial charge on any atom is -0.383 e. The summed E-state index contributed by atoms with van der Waals surface area (Å²) in [5.41, 5.74) is 1.40. The number of carbonyl (C=O) groups excluding carboxylic acids is 3. The molecule has 3 N–H and O–H groups in total. The molecular weight excluding hydrogens is 456 g/mol. The quantitative estimate of drug-likeness (QED) is 0.376. The second kappa shape index (κ2) is 13.8. The average Bonchev–Trinajstić information content (AvgIpc) is 3.12. The lowest BCUT2D eigenvalue weighted by Gasteiger charge is -2.25. The van der Waals surface area contributed by atoms with Crippen LogP contribution in [0, 0.1) is 17.2 Å². The van der Waals surface area contributed by atoms with E-state index in [0.717, 1.165) is 5.69 Å². The molecule has 0 spiro atoms. The summed E-state index contributed by atoms with van der Waals surface area (Å²) in [6.07, 6.45) is 0. The second-order valence-electron chi connectivity index (χ2n) is 7.88. The topological polar surface area (TPSA) is 127 Å². The molecule has 186 valence electrons. The van der Waals surface area contributed by atoms with Gasteiger partial charge in [-0.05, 0) is 39.1 Å². The van der Waals surface area contributed by atoms with Crippen molar-refractivity contribution in [1.29, 1.82) is 5.26 Å². The maximum absolute atomic E-state index is 12.9. The van der Waals surface area contributed by atoms with Gasteiger partial charge in [0, 0.05) is 44.7 Å². The van der Waals surface area contributed by atoms with Gasteiger partial charge in [-0.3, -0.25) is 19.3 Å². The Kier molecular flexibility index (Phi) is 11.1. The molecule has 0 bridgehead atoms. The van der Waals surface area contributed by atoms with E-state index in [1.165, 1.54) is 11.8 Å². The summed E-state index contributed by atoms with van der Waals surface area (Å²) in [6.45, 7) is 6.26. The molecule has 3 unspecified atom stereocenters. The molecule has 1 heterocycles. The van der Waals surface area contributed by atoms with Crippen molar-refractivity contribution in [1.82, 2.24) is 15.1 Å². The number of likely N-dealkylation sites (N-methyl/N-ethyl adjacent to an activating group) is 1. The number of nitrogens with one attached hydrogen (secondary N) is 3. The van der Waals surface area contributed by atoms with E-state index >= 15 is 0 Å². The summed E-state index contributed by atoms with van der Waals surface area (Å²) < 4.78 is 5.02. The Hall–Kier alpha value is -2.81. The number of thioether (sulfide) groups is 1. The Morgan fingerprint density at radius 2 is 2.06 bits per heavy atom. The molecule has 0 aliphatic carbocycles. The van der Waals surface area contributed by atoms with Gasteiger partial charge in [-0.2, -0.15) is 5.26 Å². The fourth-order valence-corrected chi connectivity index (χ4v) is 5.07. The minimum atomic E-state index is -0.931. The first kappa shape index (κ1) is 27.4. The normalized spacial score (nSPS) is 18.5. The van der Waals surface area contributed by atoms with Gasteiger partial charge in [0.15, 0.2) is 5.92 Å². The fraction of sp³-hybridized carbons (Fsp3) is 0.565. The number of ether oxygens (including phenoxy) is 1. The molecule has 1 saturated heterocycles. The van der Waals surface area contributed by atoms with E-state index in [0.29, 0.717) is 38.5 Å².